The van der Waals surface area contributed by atoms with Crippen molar-refractivity contribution in [1.29, 1.82) is 0 Å². The molecule has 0 aromatic carbocycles. The molecule has 21 heavy (non-hydrogen) atoms. The summed E-state index contributed by atoms with van der Waals surface area (Å²) in [5.74, 6) is 0.429. The lowest BCUT2D eigenvalue weighted by Gasteiger charge is -2.15. The molecule has 1 N–H and O–H groups in total. The zero-order valence-corrected chi connectivity index (χ0v) is 13.3. The summed E-state index contributed by atoms with van der Waals surface area (Å²) in [5.41, 5.74) is 0. The molecule has 0 aromatic heterocycles. The molecule has 1 rings (SSSR count). The number of aliphatic hydroxyl groups excluding tert-OH is 1. The zero-order valence-electron chi connectivity index (χ0n) is 13.3. The third kappa shape index (κ3) is 12.0. The van der Waals surface area contributed by atoms with Crippen LogP contribution >= 0.6 is 0 Å². The molecule has 6 heteroatoms. The molecule has 1 fully saturated rings. The number of hydrogen-bond donors (Lipinski definition) is 1. The van der Waals surface area contributed by atoms with Crippen LogP contribution in [0.1, 0.15) is 19.8 Å². The molecule has 126 valence electrons. The Labute approximate surface area is 127 Å². The molecule has 1 aliphatic rings. The monoisotopic (exact) mass is 306 g/mol. The topological polar surface area (TPSA) is 69.7 Å². The molecule has 1 heterocycles. The number of epoxide rings is 1. The van der Waals surface area contributed by atoms with Crippen molar-refractivity contribution in [3.8, 4) is 0 Å². The van der Waals surface area contributed by atoms with E-state index >= 15 is 0 Å². The van der Waals surface area contributed by atoms with Crippen LogP contribution in [0, 0.1) is 5.92 Å². The van der Waals surface area contributed by atoms with Gasteiger partial charge in [-0.05, 0) is 18.8 Å². The van der Waals surface area contributed by atoms with Gasteiger partial charge in [-0.2, -0.15) is 0 Å². The predicted molar refractivity (Wildman–Crippen MR) is 78.5 cm³/mol. The van der Waals surface area contributed by atoms with Gasteiger partial charge >= 0.3 is 0 Å². The largest absolute Gasteiger partial charge is 0.391 e. The van der Waals surface area contributed by atoms with Gasteiger partial charge < -0.3 is 28.8 Å². The Morgan fingerprint density at radius 2 is 1.71 bits per heavy atom. The molecule has 0 aliphatic carbocycles. The fourth-order valence-electron chi connectivity index (χ4n) is 1.79. The second-order valence-corrected chi connectivity index (χ2v) is 5.51. The quantitative estimate of drug-likeness (QED) is 0.357. The highest BCUT2D eigenvalue weighted by Gasteiger charge is 2.21. The maximum Gasteiger partial charge on any atom is 0.104 e. The second-order valence-electron chi connectivity index (χ2n) is 5.51. The Bertz CT molecular complexity index is 234. The van der Waals surface area contributed by atoms with E-state index in [0.29, 0.717) is 58.3 Å². The van der Waals surface area contributed by atoms with Gasteiger partial charge in [-0.3, -0.25) is 0 Å². The van der Waals surface area contributed by atoms with E-state index in [1.54, 1.807) is 7.11 Å². The van der Waals surface area contributed by atoms with Crippen LogP contribution in [-0.4, -0.2) is 77.3 Å². The molecule has 0 saturated carbocycles. The lowest BCUT2D eigenvalue weighted by molar-refractivity contribution is -0.00443. The van der Waals surface area contributed by atoms with E-state index in [2.05, 4.69) is 6.92 Å². The van der Waals surface area contributed by atoms with Gasteiger partial charge in [-0.25, -0.2) is 0 Å². The van der Waals surface area contributed by atoms with Gasteiger partial charge in [0, 0.05) is 13.7 Å². The number of rotatable bonds is 15. The van der Waals surface area contributed by atoms with Crippen molar-refractivity contribution in [3.63, 3.8) is 0 Å². The molecule has 6 nitrogen and oxygen atoms in total. The first-order chi connectivity index (χ1) is 10.2. The van der Waals surface area contributed by atoms with E-state index in [4.69, 9.17) is 23.7 Å². The van der Waals surface area contributed by atoms with Crippen molar-refractivity contribution in [1.82, 2.24) is 0 Å². The summed E-state index contributed by atoms with van der Waals surface area (Å²) < 4.78 is 26.1. The molecule has 0 bridgehead atoms. The summed E-state index contributed by atoms with van der Waals surface area (Å²) in [4.78, 5) is 0. The lowest BCUT2D eigenvalue weighted by atomic mass is 10.0. The van der Waals surface area contributed by atoms with E-state index in [1.807, 2.05) is 0 Å². The highest BCUT2D eigenvalue weighted by molar-refractivity contribution is 4.67. The van der Waals surface area contributed by atoms with Crippen molar-refractivity contribution in [3.05, 3.63) is 0 Å². The average Bonchev–Trinajstić information content (AvgIpc) is 3.29. The van der Waals surface area contributed by atoms with Crippen LogP contribution in [0.25, 0.3) is 0 Å². The summed E-state index contributed by atoms with van der Waals surface area (Å²) in [6, 6.07) is 0. The van der Waals surface area contributed by atoms with Crippen LogP contribution in [0.15, 0.2) is 0 Å². The van der Waals surface area contributed by atoms with Crippen molar-refractivity contribution in [2.24, 2.45) is 5.92 Å². The third-order valence-electron chi connectivity index (χ3n) is 3.22. The Morgan fingerprint density at radius 3 is 2.43 bits per heavy atom. The van der Waals surface area contributed by atoms with Crippen LogP contribution < -0.4 is 0 Å². The average molecular weight is 306 g/mol. The zero-order chi connectivity index (χ0) is 15.3. The first kappa shape index (κ1) is 18.8. The standard InChI is InChI=1S/C15H30O6/c1-13(9-18-6-5-17-2)3-4-14(16)10-19-7-8-20-11-15-12-21-15/h13-16H,3-12H2,1-2H3. The summed E-state index contributed by atoms with van der Waals surface area (Å²) in [6.07, 6.45) is 1.53. The van der Waals surface area contributed by atoms with E-state index in [1.165, 1.54) is 0 Å². The van der Waals surface area contributed by atoms with Gasteiger partial charge in [-0.1, -0.05) is 6.92 Å². The molecule has 3 atom stereocenters. The highest BCUT2D eigenvalue weighted by atomic mass is 16.6. The van der Waals surface area contributed by atoms with Crippen LogP contribution in [0.4, 0.5) is 0 Å². The minimum atomic E-state index is -0.418. The molecule has 0 spiro atoms. The Morgan fingerprint density at radius 1 is 1.05 bits per heavy atom. The molecule has 0 radical (unpaired) electrons. The second kappa shape index (κ2) is 12.3. The lowest BCUT2D eigenvalue weighted by Crippen LogP contribution is -2.19. The van der Waals surface area contributed by atoms with Gasteiger partial charge in [0.1, 0.15) is 6.10 Å². The first-order valence-corrected chi connectivity index (χ1v) is 7.74. The molecule has 1 aliphatic heterocycles. The Hall–Kier alpha value is -0.240. The molecule has 3 unspecified atom stereocenters. The highest BCUT2D eigenvalue weighted by Crippen LogP contribution is 2.09. The van der Waals surface area contributed by atoms with E-state index in [-0.39, 0.29) is 0 Å². The molecule has 0 aromatic rings. The summed E-state index contributed by atoms with van der Waals surface area (Å²) in [6.45, 7) is 6.95. The van der Waals surface area contributed by atoms with Crippen molar-refractivity contribution in [2.45, 2.75) is 32.0 Å². The molecule has 0 amide bonds. The van der Waals surface area contributed by atoms with Gasteiger partial charge in [0.15, 0.2) is 0 Å². The minimum absolute atomic E-state index is 0.295. The maximum atomic E-state index is 9.82. The molecule has 1 saturated heterocycles. The van der Waals surface area contributed by atoms with Crippen LogP contribution in [-0.2, 0) is 23.7 Å². The normalized spacial score (nSPS) is 20.4. The van der Waals surface area contributed by atoms with E-state index in [9.17, 15) is 5.11 Å². The van der Waals surface area contributed by atoms with Crippen LogP contribution in [0.3, 0.4) is 0 Å². The van der Waals surface area contributed by atoms with E-state index in [0.717, 1.165) is 19.4 Å². The van der Waals surface area contributed by atoms with Crippen LogP contribution in [0.5, 0.6) is 0 Å². The number of methoxy groups -OCH3 is 1. The van der Waals surface area contributed by atoms with Crippen molar-refractivity contribution < 1.29 is 28.8 Å². The first-order valence-electron chi connectivity index (χ1n) is 7.74. The minimum Gasteiger partial charge on any atom is -0.391 e. The van der Waals surface area contributed by atoms with Gasteiger partial charge in [-0.15, -0.1) is 0 Å². The Kier molecular flexibility index (Phi) is 11.0. The summed E-state index contributed by atoms with van der Waals surface area (Å²) in [5, 5.41) is 9.82. The third-order valence-corrected chi connectivity index (χ3v) is 3.22. The van der Waals surface area contributed by atoms with Crippen LogP contribution in [0.2, 0.25) is 0 Å². The molecular formula is C15H30O6. The fraction of sp³-hybridized carbons (Fsp3) is 1.00. The predicted octanol–water partition coefficient (Wildman–Crippen LogP) is 0.859. The summed E-state index contributed by atoms with van der Waals surface area (Å²) in [7, 11) is 1.66. The maximum absolute atomic E-state index is 9.82. The smallest absolute Gasteiger partial charge is 0.104 e. The van der Waals surface area contributed by atoms with Crippen molar-refractivity contribution in [2.75, 3.05) is 60.0 Å². The van der Waals surface area contributed by atoms with Crippen molar-refractivity contribution >= 4 is 0 Å². The van der Waals surface area contributed by atoms with E-state index < -0.39 is 6.10 Å². The molecular weight excluding hydrogens is 276 g/mol. The van der Waals surface area contributed by atoms with Gasteiger partial charge in [0.25, 0.3) is 0 Å². The number of hydrogen-bond acceptors (Lipinski definition) is 6. The van der Waals surface area contributed by atoms with Gasteiger partial charge in [0.05, 0.1) is 52.4 Å². The van der Waals surface area contributed by atoms with Gasteiger partial charge in [0.2, 0.25) is 0 Å². The fourth-order valence-corrected chi connectivity index (χ4v) is 1.79. The number of aliphatic hydroxyl groups is 1. The number of ether oxygens (including phenoxy) is 5. The Balaban J connectivity index is 1.81. The SMILES string of the molecule is COCCOCC(C)CCC(O)COCCOCC1CO1. The summed E-state index contributed by atoms with van der Waals surface area (Å²) >= 11 is 0.